The number of nitrogens with two attached hydrogens (primary N) is 1. The molecule has 0 radical (unpaired) electrons. The number of hydrogen-bond acceptors (Lipinski definition) is 3. The van der Waals surface area contributed by atoms with Crippen molar-refractivity contribution in [1.29, 1.82) is 0 Å². The fraction of sp³-hybridized carbons (Fsp3) is 0.688. The maximum atomic E-state index is 6.07. The van der Waals surface area contributed by atoms with Crippen molar-refractivity contribution in [3.8, 4) is 0 Å². The summed E-state index contributed by atoms with van der Waals surface area (Å²) in [5.41, 5.74) is 7.32. The highest BCUT2D eigenvalue weighted by molar-refractivity contribution is 9.10. The molecule has 0 bridgehead atoms. The molecule has 3 nitrogen and oxygen atoms in total. The van der Waals surface area contributed by atoms with Crippen molar-refractivity contribution in [3.63, 3.8) is 0 Å². The van der Waals surface area contributed by atoms with Gasteiger partial charge in [-0.05, 0) is 58.8 Å². The number of nitrogens with zero attached hydrogens (tertiary/aromatic N) is 2. The van der Waals surface area contributed by atoms with Gasteiger partial charge < -0.3 is 5.73 Å². The van der Waals surface area contributed by atoms with Crippen molar-refractivity contribution in [2.45, 2.75) is 38.1 Å². The molecule has 1 saturated carbocycles. The second-order valence-corrected chi connectivity index (χ2v) is 7.19. The molecule has 0 spiro atoms. The average molecular weight is 338 g/mol. The predicted octanol–water partition coefficient (Wildman–Crippen LogP) is 3.36. The summed E-state index contributed by atoms with van der Waals surface area (Å²) in [4.78, 5) is 6.89. The highest BCUT2D eigenvalue weighted by atomic mass is 79.9. The topological polar surface area (TPSA) is 42.1 Å². The zero-order chi connectivity index (χ0) is 13.9. The molecule has 20 heavy (non-hydrogen) atoms. The largest absolute Gasteiger partial charge is 0.329 e. The van der Waals surface area contributed by atoms with E-state index >= 15 is 0 Å². The van der Waals surface area contributed by atoms with Crippen molar-refractivity contribution >= 4 is 15.9 Å². The second kappa shape index (κ2) is 6.54. The fourth-order valence-electron chi connectivity index (χ4n) is 4.02. The zero-order valence-electron chi connectivity index (χ0n) is 12.0. The summed E-state index contributed by atoms with van der Waals surface area (Å²) in [5.74, 6) is 1.87. The van der Waals surface area contributed by atoms with Crippen LogP contribution in [0.25, 0.3) is 0 Å². The zero-order valence-corrected chi connectivity index (χ0v) is 13.6. The van der Waals surface area contributed by atoms with Crippen LogP contribution in [0.3, 0.4) is 0 Å². The van der Waals surface area contributed by atoms with Gasteiger partial charge in [-0.1, -0.05) is 19.3 Å². The van der Waals surface area contributed by atoms with Crippen LogP contribution in [-0.2, 0) is 0 Å². The van der Waals surface area contributed by atoms with Gasteiger partial charge >= 0.3 is 0 Å². The predicted molar refractivity (Wildman–Crippen MR) is 85.4 cm³/mol. The standard InChI is InChI=1S/C16H24BrN3/c17-15-7-14(9-19-10-15)16(8-18)20-6-5-12-3-1-2-4-13(12)11-20/h7,9-10,12-13,16H,1-6,8,11,18H2. The highest BCUT2D eigenvalue weighted by Gasteiger charge is 2.33. The van der Waals surface area contributed by atoms with Gasteiger partial charge in [-0.25, -0.2) is 0 Å². The van der Waals surface area contributed by atoms with Gasteiger partial charge in [0.2, 0.25) is 0 Å². The lowest BCUT2D eigenvalue weighted by Crippen LogP contribution is -2.45. The van der Waals surface area contributed by atoms with E-state index in [2.05, 4.69) is 31.9 Å². The molecule has 1 aliphatic carbocycles. The third-order valence-electron chi connectivity index (χ3n) is 5.10. The third kappa shape index (κ3) is 3.07. The molecule has 2 aliphatic rings. The van der Waals surface area contributed by atoms with Crippen LogP contribution in [0.4, 0.5) is 0 Å². The number of piperidine rings is 1. The molecule has 1 aliphatic heterocycles. The van der Waals surface area contributed by atoms with E-state index < -0.39 is 0 Å². The van der Waals surface area contributed by atoms with Gasteiger partial charge in [-0.2, -0.15) is 0 Å². The lowest BCUT2D eigenvalue weighted by atomic mass is 9.74. The molecule has 3 atom stereocenters. The normalized spacial score (nSPS) is 28.9. The molecular weight excluding hydrogens is 314 g/mol. The van der Waals surface area contributed by atoms with Crippen LogP contribution in [0.5, 0.6) is 0 Å². The average Bonchev–Trinajstić information content (AvgIpc) is 2.48. The smallest absolute Gasteiger partial charge is 0.0486 e. The summed E-state index contributed by atoms with van der Waals surface area (Å²) < 4.78 is 1.04. The van der Waals surface area contributed by atoms with E-state index in [0.717, 1.165) is 16.3 Å². The Morgan fingerprint density at radius 2 is 2.05 bits per heavy atom. The van der Waals surface area contributed by atoms with Crippen molar-refractivity contribution in [2.75, 3.05) is 19.6 Å². The molecule has 0 aromatic carbocycles. The number of halogens is 1. The van der Waals surface area contributed by atoms with Gasteiger partial charge in [-0.15, -0.1) is 0 Å². The van der Waals surface area contributed by atoms with E-state index in [1.54, 1.807) is 0 Å². The van der Waals surface area contributed by atoms with Crippen LogP contribution in [0.15, 0.2) is 22.9 Å². The van der Waals surface area contributed by atoms with Gasteiger partial charge in [0, 0.05) is 36.0 Å². The number of aromatic nitrogens is 1. The molecule has 2 fully saturated rings. The van der Waals surface area contributed by atoms with Crippen LogP contribution >= 0.6 is 15.9 Å². The minimum absolute atomic E-state index is 0.322. The van der Waals surface area contributed by atoms with E-state index in [-0.39, 0.29) is 0 Å². The molecule has 3 unspecified atom stereocenters. The molecular formula is C16H24BrN3. The Bertz CT molecular complexity index is 451. The third-order valence-corrected chi connectivity index (χ3v) is 5.53. The van der Waals surface area contributed by atoms with E-state index in [0.29, 0.717) is 12.6 Å². The maximum Gasteiger partial charge on any atom is 0.0486 e. The maximum absolute atomic E-state index is 6.07. The molecule has 0 amide bonds. The van der Waals surface area contributed by atoms with Gasteiger partial charge in [0.1, 0.15) is 0 Å². The Labute approximate surface area is 130 Å². The minimum atomic E-state index is 0.322. The summed E-state index contributed by atoms with van der Waals surface area (Å²) in [5, 5.41) is 0. The van der Waals surface area contributed by atoms with E-state index in [1.807, 2.05) is 12.4 Å². The number of rotatable bonds is 3. The van der Waals surface area contributed by atoms with Crippen molar-refractivity contribution in [2.24, 2.45) is 17.6 Å². The quantitative estimate of drug-likeness (QED) is 0.919. The monoisotopic (exact) mass is 337 g/mol. The van der Waals surface area contributed by atoms with Gasteiger partial charge in [0.15, 0.2) is 0 Å². The molecule has 1 aromatic rings. The number of likely N-dealkylation sites (tertiary alicyclic amines) is 1. The second-order valence-electron chi connectivity index (χ2n) is 6.28. The van der Waals surface area contributed by atoms with E-state index in [1.165, 1.54) is 50.8 Å². The van der Waals surface area contributed by atoms with E-state index in [9.17, 15) is 0 Å². The summed E-state index contributed by atoms with van der Waals surface area (Å²) in [6.45, 7) is 3.09. The fourth-order valence-corrected chi connectivity index (χ4v) is 4.40. The van der Waals surface area contributed by atoms with Crippen molar-refractivity contribution in [1.82, 2.24) is 9.88 Å². The van der Waals surface area contributed by atoms with Crippen molar-refractivity contribution < 1.29 is 0 Å². The molecule has 2 heterocycles. The first-order valence-corrected chi connectivity index (χ1v) is 8.62. The lowest BCUT2D eigenvalue weighted by molar-refractivity contribution is 0.0585. The summed E-state index contributed by atoms with van der Waals surface area (Å²) in [6, 6.07) is 2.49. The lowest BCUT2D eigenvalue weighted by Gasteiger charge is -2.44. The molecule has 2 N–H and O–H groups in total. The van der Waals surface area contributed by atoms with E-state index in [4.69, 9.17) is 5.73 Å². The summed E-state index contributed by atoms with van der Waals surface area (Å²) in [7, 11) is 0. The van der Waals surface area contributed by atoms with Gasteiger partial charge in [0.05, 0.1) is 0 Å². The Morgan fingerprint density at radius 3 is 2.80 bits per heavy atom. The first-order chi connectivity index (χ1) is 9.78. The number of fused-ring (bicyclic) bond motifs is 1. The van der Waals surface area contributed by atoms with Crippen LogP contribution in [0.2, 0.25) is 0 Å². The Kier molecular flexibility index (Phi) is 4.74. The van der Waals surface area contributed by atoms with Crippen molar-refractivity contribution in [3.05, 3.63) is 28.5 Å². The molecule has 110 valence electrons. The Hall–Kier alpha value is -0.450. The minimum Gasteiger partial charge on any atom is -0.329 e. The number of hydrogen-bond donors (Lipinski definition) is 1. The number of pyridine rings is 1. The highest BCUT2D eigenvalue weighted by Crippen LogP contribution is 2.38. The van der Waals surface area contributed by atoms with Gasteiger partial charge in [-0.3, -0.25) is 9.88 Å². The van der Waals surface area contributed by atoms with Crippen LogP contribution < -0.4 is 5.73 Å². The van der Waals surface area contributed by atoms with Gasteiger partial charge in [0.25, 0.3) is 0 Å². The first kappa shape index (κ1) is 14.5. The SMILES string of the molecule is NCC(c1cncc(Br)c1)N1CCC2CCCCC2C1. The molecule has 1 saturated heterocycles. The first-order valence-electron chi connectivity index (χ1n) is 7.82. The molecule has 4 heteroatoms. The Morgan fingerprint density at radius 1 is 1.25 bits per heavy atom. The molecule has 3 rings (SSSR count). The van der Waals surface area contributed by atoms with Crippen LogP contribution in [0, 0.1) is 11.8 Å². The summed E-state index contributed by atoms with van der Waals surface area (Å²) >= 11 is 3.52. The Balaban J connectivity index is 1.73. The van der Waals surface area contributed by atoms with Crippen LogP contribution in [0.1, 0.15) is 43.7 Å². The van der Waals surface area contributed by atoms with Crippen LogP contribution in [-0.4, -0.2) is 29.5 Å². The molecule has 1 aromatic heterocycles. The summed E-state index contributed by atoms with van der Waals surface area (Å²) in [6.07, 6.45) is 10.9.